The third-order valence-corrected chi connectivity index (χ3v) is 6.60. The van der Waals surface area contributed by atoms with Crippen molar-refractivity contribution in [2.45, 2.75) is 39.8 Å². The molecule has 2 aromatic carbocycles. The van der Waals surface area contributed by atoms with E-state index in [0.29, 0.717) is 17.1 Å². The van der Waals surface area contributed by atoms with Crippen LogP contribution in [0.15, 0.2) is 48.5 Å². The van der Waals surface area contributed by atoms with Crippen molar-refractivity contribution in [3.63, 3.8) is 0 Å². The molecule has 8 nitrogen and oxygen atoms in total. The van der Waals surface area contributed by atoms with Gasteiger partial charge in [0.1, 0.15) is 12.6 Å². The Bertz CT molecular complexity index is 1140. The first-order valence-electron chi connectivity index (χ1n) is 10.8. The van der Waals surface area contributed by atoms with Crippen molar-refractivity contribution in [3.05, 3.63) is 64.7 Å². The summed E-state index contributed by atoms with van der Waals surface area (Å²) in [7, 11) is -3.87. The molecule has 184 valence electrons. The van der Waals surface area contributed by atoms with Gasteiger partial charge in [-0.15, -0.1) is 0 Å². The fourth-order valence-corrected chi connectivity index (χ4v) is 4.23. The number of hydrogen-bond donors (Lipinski definition) is 1. The second-order valence-electron chi connectivity index (χ2n) is 7.99. The molecule has 2 amide bonds. The number of carbonyl (C=O) groups excluding carboxylic acids is 3. The summed E-state index contributed by atoms with van der Waals surface area (Å²) in [4.78, 5) is 39.2. The molecule has 0 bridgehead atoms. The Morgan fingerprint density at radius 2 is 1.74 bits per heavy atom. The highest BCUT2D eigenvalue weighted by Crippen LogP contribution is 2.21. The summed E-state index contributed by atoms with van der Waals surface area (Å²) < 4.78 is 26.1. The number of nitrogens with zero attached hydrogens (tertiary/aromatic N) is 2. The van der Waals surface area contributed by atoms with E-state index >= 15 is 0 Å². The Hall–Kier alpha value is -2.91. The van der Waals surface area contributed by atoms with E-state index < -0.39 is 28.5 Å². The van der Waals surface area contributed by atoms with E-state index in [1.807, 2.05) is 6.92 Å². The van der Waals surface area contributed by atoms with Gasteiger partial charge in [-0.05, 0) is 50.1 Å². The maximum absolute atomic E-state index is 13.4. The largest absolute Gasteiger partial charge is 0.354 e. The van der Waals surface area contributed by atoms with Crippen molar-refractivity contribution < 1.29 is 22.8 Å². The van der Waals surface area contributed by atoms with Crippen LogP contribution in [0.1, 0.15) is 43.1 Å². The molecule has 2 rings (SSSR count). The summed E-state index contributed by atoms with van der Waals surface area (Å²) in [5.74, 6) is -1.13. The molecule has 0 aromatic heterocycles. The van der Waals surface area contributed by atoms with Crippen molar-refractivity contribution in [1.29, 1.82) is 0 Å². The van der Waals surface area contributed by atoms with E-state index in [1.54, 1.807) is 43.3 Å². The summed E-state index contributed by atoms with van der Waals surface area (Å²) in [5.41, 5.74) is 1.25. The van der Waals surface area contributed by atoms with Crippen molar-refractivity contribution in [3.8, 4) is 0 Å². The van der Waals surface area contributed by atoms with Gasteiger partial charge in [0.05, 0.1) is 11.9 Å². The molecule has 0 fully saturated rings. The lowest BCUT2D eigenvalue weighted by atomic mass is 10.1. The Labute approximate surface area is 205 Å². The minimum absolute atomic E-state index is 0.0851. The Morgan fingerprint density at radius 1 is 1.09 bits per heavy atom. The Morgan fingerprint density at radius 3 is 2.29 bits per heavy atom. The normalized spacial score (nSPS) is 12.0. The summed E-state index contributed by atoms with van der Waals surface area (Å²) >= 11 is 5.96. The van der Waals surface area contributed by atoms with Crippen LogP contribution in [0.4, 0.5) is 5.69 Å². The molecule has 1 N–H and O–H groups in total. The number of ketones is 1. The first kappa shape index (κ1) is 27.3. The number of Topliss-reactive ketones (excluding diaryl/α,β-unsaturated/α-hetero) is 1. The quantitative estimate of drug-likeness (QED) is 0.470. The van der Waals surface area contributed by atoms with Gasteiger partial charge < -0.3 is 10.2 Å². The lowest BCUT2D eigenvalue weighted by Crippen LogP contribution is -2.51. The molecule has 0 saturated heterocycles. The molecular weight excluding hydrogens is 478 g/mol. The molecule has 0 saturated carbocycles. The molecule has 0 aliphatic heterocycles. The third-order valence-electron chi connectivity index (χ3n) is 5.20. The fraction of sp³-hybridized carbons (Fsp3) is 0.375. The number of rotatable bonds is 11. The number of benzene rings is 2. The van der Waals surface area contributed by atoms with E-state index in [-0.39, 0.29) is 23.9 Å². The lowest BCUT2D eigenvalue weighted by Gasteiger charge is -2.31. The molecule has 0 heterocycles. The second kappa shape index (κ2) is 12.0. The molecule has 10 heteroatoms. The van der Waals surface area contributed by atoms with Gasteiger partial charge in [-0.25, -0.2) is 8.42 Å². The van der Waals surface area contributed by atoms with Crippen molar-refractivity contribution >= 4 is 44.9 Å². The molecule has 0 spiro atoms. The molecule has 1 atom stereocenters. The number of hydrogen-bond acceptors (Lipinski definition) is 5. The maximum Gasteiger partial charge on any atom is 0.244 e. The van der Waals surface area contributed by atoms with Crippen molar-refractivity contribution in [2.75, 3.05) is 23.7 Å². The number of anilines is 1. The topological polar surface area (TPSA) is 104 Å². The molecule has 34 heavy (non-hydrogen) atoms. The van der Waals surface area contributed by atoms with Gasteiger partial charge in [0.25, 0.3) is 0 Å². The Balaban J connectivity index is 2.40. The highest BCUT2D eigenvalue weighted by molar-refractivity contribution is 7.92. The van der Waals surface area contributed by atoms with Crippen LogP contribution in [-0.2, 0) is 26.2 Å². The molecule has 0 aliphatic carbocycles. The third kappa shape index (κ3) is 7.56. The summed E-state index contributed by atoms with van der Waals surface area (Å²) in [5, 5.41) is 3.31. The summed E-state index contributed by atoms with van der Waals surface area (Å²) in [6.07, 6.45) is 1.72. The summed E-state index contributed by atoms with van der Waals surface area (Å²) in [6, 6.07) is 12.1. The van der Waals surface area contributed by atoms with Gasteiger partial charge >= 0.3 is 0 Å². The predicted octanol–water partition coefficient (Wildman–Crippen LogP) is 3.25. The van der Waals surface area contributed by atoms with E-state index in [0.717, 1.165) is 22.5 Å². The van der Waals surface area contributed by atoms with Crippen LogP contribution in [0.5, 0.6) is 0 Å². The SMILES string of the molecule is CCCNC(=O)[C@@H](C)N(Cc1ccc(Cl)cc1)C(=O)CN(c1cccc(C(C)=O)c1)S(C)(=O)=O. The van der Waals surface area contributed by atoms with Gasteiger partial charge in [-0.1, -0.05) is 42.8 Å². The molecular formula is C24H30ClN3O5S. The van der Waals surface area contributed by atoms with Gasteiger partial charge in [-0.3, -0.25) is 18.7 Å². The molecule has 0 radical (unpaired) electrons. The van der Waals surface area contributed by atoms with Crippen molar-refractivity contribution in [1.82, 2.24) is 10.2 Å². The van der Waals surface area contributed by atoms with Gasteiger partial charge in [0.2, 0.25) is 21.8 Å². The number of amides is 2. The first-order chi connectivity index (χ1) is 15.9. The van der Waals surface area contributed by atoms with E-state index in [2.05, 4.69) is 5.32 Å². The highest BCUT2D eigenvalue weighted by atomic mass is 35.5. The smallest absolute Gasteiger partial charge is 0.244 e. The lowest BCUT2D eigenvalue weighted by molar-refractivity contribution is -0.139. The average Bonchev–Trinajstić information content (AvgIpc) is 2.79. The zero-order valence-electron chi connectivity index (χ0n) is 19.7. The molecule has 2 aromatic rings. The zero-order chi connectivity index (χ0) is 25.5. The average molecular weight is 508 g/mol. The van der Waals surface area contributed by atoms with Crippen LogP contribution in [0.2, 0.25) is 5.02 Å². The van der Waals surface area contributed by atoms with Crippen LogP contribution in [-0.4, -0.2) is 56.3 Å². The van der Waals surface area contributed by atoms with E-state index in [9.17, 15) is 22.8 Å². The standard InChI is InChI=1S/C24H30ClN3O5S/c1-5-13-26-24(31)17(2)27(15-19-9-11-21(25)12-10-19)23(30)16-28(34(4,32)33)22-8-6-7-20(14-22)18(3)29/h6-12,14,17H,5,13,15-16H2,1-4H3,(H,26,31)/t17-/m1/s1. The zero-order valence-corrected chi connectivity index (χ0v) is 21.3. The van der Waals surface area contributed by atoms with Crippen LogP contribution < -0.4 is 9.62 Å². The van der Waals surface area contributed by atoms with E-state index in [1.165, 1.54) is 24.0 Å². The number of nitrogens with one attached hydrogen (secondary N) is 1. The second-order valence-corrected chi connectivity index (χ2v) is 10.3. The van der Waals surface area contributed by atoms with Crippen LogP contribution in [0.3, 0.4) is 0 Å². The predicted molar refractivity (Wildman–Crippen MR) is 133 cm³/mol. The highest BCUT2D eigenvalue weighted by Gasteiger charge is 2.30. The van der Waals surface area contributed by atoms with Gasteiger partial charge in [0, 0.05) is 23.7 Å². The minimum atomic E-state index is -3.87. The monoisotopic (exact) mass is 507 g/mol. The first-order valence-corrected chi connectivity index (χ1v) is 13.1. The van der Waals surface area contributed by atoms with Gasteiger partial charge in [-0.2, -0.15) is 0 Å². The number of sulfonamides is 1. The van der Waals surface area contributed by atoms with Crippen LogP contribution in [0, 0.1) is 0 Å². The summed E-state index contributed by atoms with van der Waals surface area (Å²) in [6.45, 7) is 4.90. The minimum Gasteiger partial charge on any atom is -0.354 e. The number of carbonyl (C=O) groups is 3. The van der Waals surface area contributed by atoms with E-state index in [4.69, 9.17) is 11.6 Å². The molecule has 0 aliphatic rings. The Kier molecular flexibility index (Phi) is 9.64. The van der Waals surface area contributed by atoms with Crippen LogP contribution >= 0.6 is 11.6 Å². The van der Waals surface area contributed by atoms with Crippen LogP contribution in [0.25, 0.3) is 0 Å². The van der Waals surface area contributed by atoms with Gasteiger partial charge in [0.15, 0.2) is 5.78 Å². The maximum atomic E-state index is 13.4. The fourth-order valence-electron chi connectivity index (χ4n) is 3.26. The van der Waals surface area contributed by atoms with Crippen molar-refractivity contribution in [2.24, 2.45) is 0 Å². The molecule has 0 unspecified atom stereocenters. The number of halogens is 1.